The van der Waals surface area contributed by atoms with Crippen molar-refractivity contribution in [1.29, 1.82) is 0 Å². The Bertz CT molecular complexity index is 569. The zero-order chi connectivity index (χ0) is 16.1. The van der Waals surface area contributed by atoms with Gasteiger partial charge in [-0.15, -0.1) is 11.8 Å². The van der Waals surface area contributed by atoms with E-state index in [0.717, 1.165) is 10.5 Å². The number of nitrogens with zero attached hydrogens (tertiary/aromatic N) is 1. The van der Waals surface area contributed by atoms with E-state index < -0.39 is 0 Å². The highest BCUT2D eigenvalue weighted by Crippen LogP contribution is 2.25. The Kier molecular flexibility index (Phi) is 5.92. The molecular weight excluding hydrogens is 314 g/mol. The van der Waals surface area contributed by atoms with Crippen LogP contribution in [0.2, 0.25) is 5.02 Å². The summed E-state index contributed by atoms with van der Waals surface area (Å²) < 4.78 is 0. The van der Waals surface area contributed by atoms with Crippen molar-refractivity contribution in [1.82, 2.24) is 4.90 Å². The molecule has 1 amide bonds. The number of amides is 1. The van der Waals surface area contributed by atoms with Crippen molar-refractivity contribution >= 4 is 29.3 Å². The van der Waals surface area contributed by atoms with Gasteiger partial charge in [-0.05, 0) is 43.7 Å². The highest BCUT2D eigenvalue weighted by atomic mass is 35.5. The molecule has 0 fully saturated rings. The van der Waals surface area contributed by atoms with Crippen molar-refractivity contribution in [3.05, 3.63) is 64.7 Å². The zero-order valence-electron chi connectivity index (χ0n) is 13.0. The van der Waals surface area contributed by atoms with Crippen LogP contribution in [0.4, 0.5) is 0 Å². The maximum Gasteiger partial charge on any atom is 0.235 e. The quantitative estimate of drug-likeness (QED) is 0.733. The van der Waals surface area contributed by atoms with Gasteiger partial charge in [0.2, 0.25) is 5.91 Å². The second-order valence-corrected chi connectivity index (χ2v) is 7.24. The molecule has 0 aromatic heterocycles. The average Bonchev–Trinajstić information content (AvgIpc) is 2.51. The fraction of sp³-hybridized carbons (Fsp3) is 0.278. The number of carbonyl (C=O) groups is 1. The molecule has 0 aliphatic heterocycles. The Morgan fingerprint density at radius 2 is 1.73 bits per heavy atom. The van der Waals surface area contributed by atoms with Gasteiger partial charge in [0.1, 0.15) is 0 Å². The zero-order valence-corrected chi connectivity index (χ0v) is 14.6. The van der Waals surface area contributed by atoms with Gasteiger partial charge in [0.05, 0.1) is 5.25 Å². The van der Waals surface area contributed by atoms with Crippen molar-refractivity contribution in [2.24, 2.45) is 0 Å². The Hall–Kier alpha value is -1.45. The lowest BCUT2D eigenvalue weighted by Gasteiger charge is -2.21. The molecule has 2 aromatic rings. The Balaban J connectivity index is 1.94. The normalized spacial score (nSPS) is 12.0. The first-order chi connectivity index (χ1) is 10.5. The Labute approximate surface area is 141 Å². The van der Waals surface area contributed by atoms with Crippen molar-refractivity contribution in [3.8, 4) is 0 Å². The van der Waals surface area contributed by atoms with Crippen LogP contribution in [-0.4, -0.2) is 23.1 Å². The molecule has 0 saturated heterocycles. The Morgan fingerprint density at radius 3 is 2.32 bits per heavy atom. The number of aryl methyl sites for hydroxylation is 1. The molecule has 4 heteroatoms. The van der Waals surface area contributed by atoms with Crippen molar-refractivity contribution < 1.29 is 4.79 Å². The van der Waals surface area contributed by atoms with Gasteiger partial charge in [0.25, 0.3) is 0 Å². The van der Waals surface area contributed by atoms with Gasteiger partial charge >= 0.3 is 0 Å². The molecule has 0 radical (unpaired) electrons. The van der Waals surface area contributed by atoms with Crippen molar-refractivity contribution in [2.75, 3.05) is 7.05 Å². The molecule has 0 aliphatic rings. The molecule has 0 unspecified atom stereocenters. The van der Waals surface area contributed by atoms with Gasteiger partial charge in [-0.1, -0.05) is 41.4 Å². The summed E-state index contributed by atoms with van der Waals surface area (Å²) in [5, 5.41) is 0.598. The first-order valence-corrected chi connectivity index (χ1v) is 8.44. The van der Waals surface area contributed by atoms with E-state index in [2.05, 4.69) is 31.2 Å². The van der Waals surface area contributed by atoms with Crippen LogP contribution in [0.1, 0.15) is 18.1 Å². The summed E-state index contributed by atoms with van der Waals surface area (Å²) in [4.78, 5) is 15.3. The number of carbonyl (C=O) groups excluding carboxylic acids is 1. The SMILES string of the molecule is Cc1ccc(S[C@H](C)C(=O)N(C)Cc2ccc(Cl)cc2)cc1. The standard InChI is InChI=1S/C18H20ClNOS/c1-13-4-10-17(11-5-13)22-14(2)18(21)20(3)12-15-6-8-16(19)9-7-15/h4-11,14H,12H2,1-3H3/t14-/m1/s1. The molecule has 2 nitrogen and oxygen atoms in total. The lowest BCUT2D eigenvalue weighted by molar-refractivity contribution is -0.129. The van der Waals surface area contributed by atoms with E-state index in [-0.39, 0.29) is 11.2 Å². The van der Waals surface area contributed by atoms with Gasteiger partial charge in [0.15, 0.2) is 0 Å². The van der Waals surface area contributed by atoms with Gasteiger partial charge in [0, 0.05) is 23.5 Å². The highest BCUT2D eigenvalue weighted by Gasteiger charge is 2.18. The Morgan fingerprint density at radius 1 is 1.14 bits per heavy atom. The third-order valence-corrected chi connectivity index (χ3v) is 4.74. The van der Waals surface area contributed by atoms with Crippen molar-refractivity contribution in [3.63, 3.8) is 0 Å². The number of thioether (sulfide) groups is 1. The van der Waals surface area contributed by atoms with Crippen LogP contribution in [0.3, 0.4) is 0 Å². The topological polar surface area (TPSA) is 20.3 Å². The van der Waals surface area contributed by atoms with E-state index in [4.69, 9.17) is 11.6 Å². The minimum absolute atomic E-state index is 0.111. The molecule has 22 heavy (non-hydrogen) atoms. The fourth-order valence-electron chi connectivity index (χ4n) is 2.12. The molecular formula is C18H20ClNOS. The molecule has 0 spiro atoms. The number of rotatable bonds is 5. The third-order valence-electron chi connectivity index (χ3n) is 3.39. The van der Waals surface area contributed by atoms with E-state index >= 15 is 0 Å². The third kappa shape index (κ3) is 4.79. The van der Waals surface area contributed by atoms with Gasteiger partial charge in [-0.25, -0.2) is 0 Å². The molecule has 2 aromatic carbocycles. The number of hydrogen-bond acceptors (Lipinski definition) is 2. The van der Waals surface area contributed by atoms with Crippen molar-refractivity contribution in [2.45, 2.75) is 30.5 Å². The highest BCUT2D eigenvalue weighted by molar-refractivity contribution is 8.00. The van der Waals surface area contributed by atoms with Crippen LogP contribution in [0.5, 0.6) is 0 Å². The average molecular weight is 334 g/mol. The molecule has 0 heterocycles. The molecule has 0 saturated carbocycles. The maximum atomic E-state index is 12.5. The minimum Gasteiger partial charge on any atom is -0.340 e. The lowest BCUT2D eigenvalue weighted by atomic mass is 10.2. The number of benzene rings is 2. The van der Waals surface area contributed by atoms with Crippen LogP contribution in [0, 0.1) is 6.92 Å². The van der Waals surface area contributed by atoms with E-state index in [1.807, 2.05) is 38.2 Å². The van der Waals surface area contributed by atoms with E-state index in [0.29, 0.717) is 11.6 Å². The van der Waals surface area contributed by atoms with E-state index in [1.54, 1.807) is 16.7 Å². The van der Waals surface area contributed by atoms with Gasteiger partial charge in [-0.3, -0.25) is 4.79 Å². The lowest BCUT2D eigenvalue weighted by Crippen LogP contribution is -2.32. The minimum atomic E-state index is -0.111. The first kappa shape index (κ1) is 16.9. The summed E-state index contributed by atoms with van der Waals surface area (Å²) in [7, 11) is 1.84. The second kappa shape index (κ2) is 7.70. The maximum absolute atomic E-state index is 12.5. The summed E-state index contributed by atoms with van der Waals surface area (Å²) in [6.07, 6.45) is 0. The summed E-state index contributed by atoms with van der Waals surface area (Å²) >= 11 is 7.47. The van der Waals surface area contributed by atoms with Crippen LogP contribution >= 0.6 is 23.4 Å². The van der Waals surface area contributed by atoms with Crippen LogP contribution < -0.4 is 0 Å². The fourth-order valence-corrected chi connectivity index (χ4v) is 3.23. The van der Waals surface area contributed by atoms with E-state index in [9.17, 15) is 4.79 Å². The van der Waals surface area contributed by atoms with E-state index in [1.165, 1.54) is 5.56 Å². The second-order valence-electron chi connectivity index (χ2n) is 5.39. The molecule has 2 rings (SSSR count). The molecule has 0 N–H and O–H groups in total. The summed E-state index contributed by atoms with van der Waals surface area (Å²) in [5.74, 6) is 0.125. The van der Waals surface area contributed by atoms with Gasteiger partial charge < -0.3 is 4.90 Å². The molecule has 1 atom stereocenters. The van der Waals surface area contributed by atoms with Crippen LogP contribution in [-0.2, 0) is 11.3 Å². The number of halogens is 1. The molecule has 116 valence electrons. The largest absolute Gasteiger partial charge is 0.340 e. The van der Waals surface area contributed by atoms with Gasteiger partial charge in [-0.2, -0.15) is 0 Å². The summed E-state index contributed by atoms with van der Waals surface area (Å²) in [6.45, 7) is 4.60. The van der Waals surface area contributed by atoms with Crippen LogP contribution in [0.15, 0.2) is 53.4 Å². The monoisotopic (exact) mass is 333 g/mol. The number of hydrogen-bond donors (Lipinski definition) is 0. The summed E-state index contributed by atoms with van der Waals surface area (Å²) in [5.41, 5.74) is 2.30. The molecule has 0 bridgehead atoms. The predicted octanol–water partition coefficient (Wildman–Crippen LogP) is 4.79. The predicted molar refractivity (Wildman–Crippen MR) is 94.4 cm³/mol. The smallest absolute Gasteiger partial charge is 0.235 e. The first-order valence-electron chi connectivity index (χ1n) is 7.18. The summed E-state index contributed by atoms with van der Waals surface area (Å²) in [6, 6.07) is 15.8. The molecule has 0 aliphatic carbocycles. The van der Waals surface area contributed by atoms with Crippen LogP contribution in [0.25, 0.3) is 0 Å².